The number of rotatable bonds is 3. The van der Waals surface area contributed by atoms with Gasteiger partial charge in [-0.3, -0.25) is 4.79 Å². The van der Waals surface area contributed by atoms with Crippen LogP contribution >= 0.6 is 39.5 Å². The topological polar surface area (TPSA) is 55.1 Å². The average molecular weight is 361 g/mol. The fourth-order valence-corrected chi connectivity index (χ4v) is 3.80. The molecule has 1 aromatic rings. The SMILES string of the molecule is CC1CCC(NC(=O)c2csc(Br)c2)(C(N)=S)CC1. The lowest BCUT2D eigenvalue weighted by atomic mass is 9.77. The van der Waals surface area contributed by atoms with Gasteiger partial charge in [0.1, 0.15) is 0 Å². The van der Waals surface area contributed by atoms with Gasteiger partial charge >= 0.3 is 0 Å². The summed E-state index contributed by atoms with van der Waals surface area (Å²) in [6.45, 7) is 2.22. The molecule has 3 nitrogen and oxygen atoms in total. The Balaban J connectivity index is 2.13. The predicted octanol–water partition coefficient (Wildman–Crippen LogP) is 3.48. The molecule has 0 unspecified atom stereocenters. The van der Waals surface area contributed by atoms with Gasteiger partial charge in [0.05, 0.1) is 19.9 Å². The molecule has 1 fully saturated rings. The summed E-state index contributed by atoms with van der Waals surface area (Å²) in [7, 11) is 0. The van der Waals surface area contributed by atoms with Gasteiger partial charge in [0.25, 0.3) is 5.91 Å². The van der Waals surface area contributed by atoms with Gasteiger partial charge in [-0.15, -0.1) is 11.3 Å². The highest BCUT2D eigenvalue weighted by molar-refractivity contribution is 9.11. The molecule has 2 rings (SSSR count). The molecule has 104 valence electrons. The van der Waals surface area contributed by atoms with E-state index >= 15 is 0 Å². The van der Waals surface area contributed by atoms with E-state index in [1.165, 1.54) is 11.3 Å². The Morgan fingerprint density at radius 1 is 1.58 bits per heavy atom. The van der Waals surface area contributed by atoms with Gasteiger partial charge in [0, 0.05) is 5.38 Å². The van der Waals surface area contributed by atoms with Crippen LogP contribution in [0.4, 0.5) is 0 Å². The van der Waals surface area contributed by atoms with E-state index in [1.807, 2.05) is 11.4 Å². The molecule has 1 aliphatic carbocycles. The Kier molecular flexibility index (Phi) is 4.63. The van der Waals surface area contributed by atoms with Crippen LogP contribution in [0, 0.1) is 5.92 Å². The molecule has 0 bridgehead atoms. The third kappa shape index (κ3) is 3.35. The molecular formula is C13H17BrN2OS2. The molecule has 0 aromatic carbocycles. The second kappa shape index (κ2) is 5.89. The van der Waals surface area contributed by atoms with Gasteiger partial charge < -0.3 is 11.1 Å². The smallest absolute Gasteiger partial charge is 0.252 e. The Morgan fingerprint density at radius 2 is 2.21 bits per heavy atom. The number of amides is 1. The number of carbonyl (C=O) groups is 1. The second-order valence-electron chi connectivity index (χ2n) is 5.22. The number of halogens is 1. The molecule has 1 amide bonds. The zero-order valence-corrected chi connectivity index (χ0v) is 14.0. The van der Waals surface area contributed by atoms with Gasteiger partial charge in [0.2, 0.25) is 0 Å². The van der Waals surface area contributed by atoms with E-state index in [0.717, 1.165) is 29.5 Å². The minimum Gasteiger partial charge on any atom is -0.391 e. The van der Waals surface area contributed by atoms with Crippen molar-refractivity contribution >= 4 is 50.4 Å². The van der Waals surface area contributed by atoms with E-state index in [0.29, 0.717) is 16.5 Å². The van der Waals surface area contributed by atoms with Crippen LogP contribution in [0.15, 0.2) is 15.2 Å². The number of hydrogen-bond acceptors (Lipinski definition) is 3. The number of nitrogens with two attached hydrogens (primary N) is 1. The van der Waals surface area contributed by atoms with Crippen molar-refractivity contribution < 1.29 is 4.79 Å². The summed E-state index contributed by atoms with van der Waals surface area (Å²) in [4.78, 5) is 12.7. The van der Waals surface area contributed by atoms with Gasteiger partial charge in [-0.25, -0.2) is 0 Å². The Labute approximate surface area is 131 Å². The normalized spacial score (nSPS) is 26.9. The molecule has 1 heterocycles. The van der Waals surface area contributed by atoms with Gasteiger partial charge in [0.15, 0.2) is 0 Å². The van der Waals surface area contributed by atoms with E-state index in [2.05, 4.69) is 28.2 Å². The minimum atomic E-state index is -0.507. The zero-order chi connectivity index (χ0) is 14.0. The highest BCUT2D eigenvalue weighted by atomic mass is 79.9. The minimum absolute atomic E-state index is 0.0932. The van der Waals surface area contributed by atoms with E-state index in [1.54, 1.807) is 0 Å². The van der Waals surface area contributed by atoms with Crippen LogP contribution in [0.3, 0.4) is 0 Å². The highest BCUT2D eigenvalue weighted by Gasteiger charge is 2.38. The maximum absolute atomic E-state index is 12.3. The van der Waals surface area contributed by atoms with Crippen LogP contribution in [-0.4, -0.2) is 16.4 Å². The average Bonchev–Trinajstić information content (AvgIpc) is 2.79. The van der Waals surface area contributed by atoms with Crippen molar-refractivity contribution in [2.45, 2.75) is 38.1 Å². The van der Waals surface area contributed by atoms with Crippen LogP contribution in [0.1, 0.15) is 43.0 Å². The molecule has 0 saturated heterocycles. The van der Waals surface area contributed by atoms with Crippen molar-refractivity contribution in [2.24, 2.45) is 11.7 Å². The molecule has 0 radical (unpaired) electrons. The Morgan fingerprint density at radius 3 is 2.68 bits per heavy atom. The summed E-state index contributed by atoms with van der Waals surface area (Å²) in [5.41, 5.74) is 6.04. The number of nitrogens with one attached hydrogen (secondary N) is 1. The fourth-order valence-electron chi connectivity index (χ4n) is 2.41. The summed E-state index contributed by atoms with van der Waals surface area (Å²) in [5.74, 6) is 0.582. The molecule has 0 aliphatic heterocycles. The number of carbonyl (C=O) groups excluding carboxylic acids is 1. The summed E-state index contributed by atoms with van der Waals surface area (Å²) < 4.78 is 0.944. The van der Waals surface area contributed by atoms with E-state index in [4.69, 9.17) is 18.0 Å². The van der Waals surface area contributed by atoms with Crippen molar-refractivity contribution in [3.8, 4) is 0 Å². The second-order valence-corrected chi connectivity index (χ2v) is 7.95. The molecule has 1 aromatic heterocycles. The molecule has 19 heavy (non-hydrogen) atoms. The van der Waals surface area contributed by atoms with Crippen molar-refractivity contribution in [3.05, 3.63) is 20.8 Å². The van der Waals surface area contributed by atoms with Crippen LogP contribution in [-0.2, 0) is 0 Å². The van der Waals surface area contributed by atoms with Gasteiger partial charge in [-0.2, -0.15) is 0 Å². The number of thiophene rings is 1. The quantitative estimate of drug-likeness (QED) is 0.811. The van der Waals surface area contributed by atoms with E-state index in [9.17, 15) is 4.79 Å². The summed E-state index contributed by atoms with van der Waals surface area (Å²) >= 11 is 10.1. The van der Waals surface area contributed by atoms with Crippen molar-refractivity contribution in [1.29, 1.82) is 0 Å². The molecule has 0 spiro atoms. The van der Waals surface area contributed by atoms with Gasteiger partial charge in [-0.1, -0.05) is 19.1 Å². The molecular weight excluding hydrogens is 344 g/mol. The standard InChI is InChI=1S/C13H17BrN2OS2/c1-8-2-4-13(5-3-8,12(15)18)16-11(17)9-6-10(14)19-7-9/h6-8H,2-5H2,1H3,(H2,15,18)(H,16,17). The molecule has 1 saturated carbocycles. The molecule has 0 atom stereocenters. The maximum Gasteiger partial charge on any atom is 0.252 e. The first-order valence-electron chi connectivity index (χ1n) is 6.29. The highest BCUT2D eigenvalue weighted by Crippen LogP contribution is 2.33. The third-order valence-corrected chi connectivity index (χ3v) is 5.68. The van der Waals surface area contributed by atoms with E-state index < -0.39 is 5.54 Å². The first-order chi connectivity index (χ1) is 8.93. The lowest BCUT2D eigenvalue weighted by molar-refractivity contribution is 0.0901. The zero-order valence-electron chi connectivity index (χ0n) is 10.7. The lowest BCUT2D eigenvalue weighted by Crippen LogP contribution is -2.58. The van der Waals surface area contributed by atoms with Crippen molar-refractivity contribution in [3.63, 3.8) is 0 Å². The number of hydrogen-bond donors (Lipinski definition) is 2. The Hall–Kier alpha value is -0.460. The maximum atomic E-state index is 12.3. The summed E-state index contributed by atoms with van der Waals surface area (Å²) in [5, 5.41) is 4.89. The molecule has 1 aliphatic rings. The monoisotopic (exact) mass is 360 g/mol. The first-order valence-corrected chi connectivity index (χ1v) is 8.37. The van der Waals surface area contributed by atoms with Crippen LogP contribution in [0.25, 0.3) is 0 Å². The lowest BCUT2D eigenvalue weighted by Gasteiger charge is -2.39. The van der Waals surface area contributed by atoms with Crippen LogP contribution < -0.4 is 11.1 Å². The van der Waals surface area contributed by atoms with E-state index in [-0.39, 0.29) is 5.91 Å². The van der Waals surface area contributed by atoms with Crippen LogP contribution in [0.5, 0.6) is 0 Å². The first kappa shape index (κ1) is 14.9. The Bertz CT molecular complexity index is 493. The van der Waals surface area contributed by atoms with Crippen LogP contribution in [0.2, 0.25) is 0 Å². The molecule has 6 heteroatoms. The third-order valence-electron chi connectivity index (χ3n) is 3.78. The largest absolute Gasteiger partial charge is 0.391 e. The molecule has 3 N–H and O–H groups in total. The van der Waals surface area contributed by atoms with Crippen molar-refractivity contribution in [2.75, 3.05) is 0 Å². The van der Waals surface area contributed by atoms with Gasteiger partial charge in [-0.05, 0) is 53.6 Å². The number of thiocarbonyl (C=S) groups is 1. The fraction of sp³-hybridized carbons (Fsp3) is 0.538. The van der Waals surface area contributed by atoms with Crippen molar-refractivity contribution in [1.82, 2.24) is 5.32 Å². The summed E-state index contributed by atoms with van der Waals surface area (Å²) in [6, 6.07) is 1.82. The summed E-state index contributed by atoms with van der Waals surface area (Å²) in [6.07, 6.45) is 3.76. The predicted molar refractivity (Wildman–Crippen MR) is 86.6 cm³/mol.